The topological polar surface area (TPSA) is 0 Å². The molecule has 0 nitrogen and oxygen atoms in total. The average molecular weight is 52.1 g/mol. The van der Waals surface area contributed by atoms with E-state index < -0.39 is 0 Å². The van der Waals surface area contributed by atoms with Crippen LogP contribution >= 0.6 is 0 Å². The van der Waals surface area contributed by atoms with Gasteiger partial charge in [-0.3, -0.25) is 0 Å². The van der Waals surface area contributed by atoms with Gasteiger partial charge in [0.15, 0.2) is 0 Å². The van der Waals surface area contributed by atoms with E-state index in [2.05, 4.69) is 0 Å². The van der Waals surface area contributed by atoms with Gasteiger partial charge < -0.3 is 0 Å². The molecule has 0 amide bonds. The van der Waals surface area contributed by atoms with E-state index in [0.717, 1.165) is 0 Å². The smallest absolute Gasteiger partial charge is 0 e. The molecular weight excluding hydrogens is 40.0 g/mol. The maximum absolute atomic E-state index is 0. The van der Waals surface area contributed by atoms with Crippen LogP contribution in [0.2, 0.25) is 0 Å². The molecule has 4 heavy (non-hydrogen) atoms. The first-order valence-corrected chi connectivity index (χ1v) is 0. The van der Waals surface area contributed by atoms with Crippen LogP contribution in [-0.2, 0) is 0 Å². The summed E-state index contributed by atoms with van der Waals surface area (Å²) in [7, 11) is 0. The van der Waals surface area contributed by atoms with E-state index in [4.69, 9.17) is 0 Å². The normalized spacial score (nSPS) is 0. The summed E-state index contributed by atoms with van der Waals surface area (Å²) in [4.78, 5) is 0. The van der Waals surface area contributed by atoms with Gasteiger partial charge in [0.1, 0.15) is 0 Å². The second kappa shape index (κ2) is 1280. The Morgan fingerprint density at radius 2 is 0.500 bits per heavy atom. The molecule has 1 heteroatoms. The molecular formula is C3H12He. The molecule has 0 unspecified atom stereocenters. The van der Waals surface area contributed by atoms with E-state index in [1.807, 2.05) is 0 Å². The molecule has 0 bridgehead atoms. The molecule has 0 radical (unpaired) electrons. The second-order valence-electron chi connectivity index (χ2n) is 0. The summed E-state index contributed by atoms with van der Waals surface area (Å²) in [5.74, 6) is 0. The van der Waals surface area contributed by atoms with Crippen LogP contribution < -0.4 is 0 Å². The maximum Gasteiger partial charge on any atom is 0 e. The fourth-order valence-corrected chi connectivity index (χ4v) is 0. The summed E-state index contributed by atoms with van der Waals surface area (Å²) in [5.41, 5.74) is 0. The summed E-state index contributed by atoms with van der Waals surface area (Å²) in [6, 6.07) is 0. The third-order valence-corrected chi connectivity index (χ3v) is 0. The second-order valence-corrected chi connectivity index (χ2v) is 0. The fourth-order valence-electron chi connectivity index (χ4n) is 0. The summed E-state index contributed by atoms with van der Waals surface area (Å²) in [6.45, 7) is 0. The van der Waals surface area contributed by atoms with E-state index >= 15 is 0 Å². The molecule has 0 saturated carbocycles. The van der Waals surface area contributed by atoms with Crippen molar-refractivity contribution >= 4 is 0 Å². The standard InChI is InChI=1S/3CH4.He/h3*1H4;. The zero-order valence-electron chi connectivity index (χ0n) is 0.707. The molecule has 0 aromatic heterocycles. The largest absolute Gasteiger partial charge is 0.0776 e. The fraction of sp³-hybridized carbons (Fsp3) is 1.00. The van der Waals surface area contributed by atoms with Crippen molar-refractivity contribution in [3.63, 3.8) is 0 Å². The minimum absolute atomic E-state index is 0. The zero-order valence-corrected chi connectivity index (χ0v) is 0.707. The average Bonchev–Trinajstić information content (AvgIpc) is 0. The summed E-state index contributed by atoms with van der Waals surface area (Å²) < 4.78 is 0. The van der Waals surface area contributed by atoms with Crippen molar-refractivity contribution in [2.75, 3.05) is 0 Å². The Morgan fingerprint density at radius 1 is 0.500 bits per heavy atom. The predicted molar refractivity (Wildman–Crippen MR) is 20.2 cm³/mol. The minimum atomic E-state index is 0. The Hall–Kier alpha value is -0.0909. The number of hydrogen-bond donors (Lipinski definition) is 0. The Kier molecular flexibility index (Phi) is 1280000. The van der Waals surface area contributed by atoms with Gasteiger partial charge in [0, 0.05) is 6.15 Å². The van der Waals surface area contributed by atoms with Gasteiger partial charge in [-0.15, -0.1) is 0 Å². The quantitative estimate of drug-likeness (QED) is 0.395. The molecule has 0 heterocycles. The molecule has 0 atom stereocenters. The van der Waals surface area contributed by atoms with E-state index in [0.29, 0.717) is 0 Å². The maximum atomic E-state index is 0. The Balaban J connectivity index is 0. The summed E-state index contributed by atoms with van der Waals surface area (Å²) >= 11 is 0. The van der Waals surface area contributed by atoms with Gasteiger partial charge in [-0.2, -0.15) is 0 Å². The van der Waals surface area contributed by atoms with Crippen LogP contribution in [0.3, 0.4) is 0 Å². The van der Waals surface area contributed by atoms with Gasteiger partial charge in [0.25, 0.3) is 0 Å². The first kappa shape index (κ1) is 4000. The van der Waals surface area contributed by atoms with Crippen molar-refractivity contribution in [2.24, 2.45) is 0 Å². The molecule has 0 fully saturated rings. The number of hydrogen-bond acceptors (Lipinski definition) is 0. The van der Waals surface area contributed by atoms with Crippen LogP contribution in [0.25, 0.3) is 0 Å². The molecule has 0 aliphatic heterocycles. The van der Waals surface area contributed by atoms with Gasteiger partial charge >= 0.3 is 0 Å². The van der Waals surface area contributed by atoms with Crippen molar-refractivity contribution < 1.29 is 6.15 Å². The first-order chi connectivity index (χ1) is 0. The number of rotatable bonds is 0. The molecule has 0 saturated heterocycles. The third-order valence-electron chi connectivity index (χ3n) is 0. The van der Waals surface area contributed by atoms with Crippen LogP contribution in [0.5, 0.6) is 0 Å². The summed E-state index contributed by atoms with van der Waals surface area (Å²) in [5, 5.41) is 0. The first-order valence-electron chi connectivity index (χ1n) is 0. The molecule has 0 aromatic rings. The van der Waals surface area contributed by atoms with Crippen LogP contribution in [0, 0.1) is 6.15 Å². The van der Waals surface area contributed by atoms with Crippen molar-refractivity contribution in [2.45, 2.75) is 22.3 Å². The van der Waals surface area contributed by atoms with Crippen LogP contribution in [0.1, 0.15) is 22.3 Å². The van der Waals surface area contributed by atoms with E-state index in [9.17, 15) is 0 Å². The van der Waals surface area contributed by atoms with Gasteiger partial charge in [-0.1, -0.05) is 22.3 Å². The van der Waals surface area contributed by atoms with Gasteiger partial charge in [-0.05, 0) is 0 Å². The van der Waals surface area contributed by atoms with E-state index in [-0.39, 0.29) is 28.4 Å². The molecule has 0 aliphatic carbocycles. The van der Waals surface area contributed by atoms with Crippen molar-refractivity contribution in [1.29, 1.82) is 0 Å². The SMILES string of the molecule is C.C.C.[He]. The van der Waals surface area contributed by atoms with Crippen LogP contribution in [0.4, 0.5) is 0 Å². The predicted octanol–water partition coefficient (Wildman–Crippen LogP) is 1.91. The Morgan fingerprint density at radius 3 is 0.500 bits per heavy atom. The van der Waals surface area contributed by atoms with Crippen molar-refractivity contribution in [3.8, 4) is 0 Å². The van der Waals surface area contributed by atoms with Gasteiger partial charge in [0.05, 0.1) is 0 Å². The van der Waals surface area contributed by atoms with Crippen LogP contribution in [-0.4, -0.2) is 0 Å². The minimum Gasteiger partial charge on any atom is -0.0776 e. The zero-order chi connectivity index (χ0) is 0. The van der Waals surface area contributed by atoms with Crippen LogP contribution in [0.15, 0.2) is 0 Å². The van der Waals surface area contributed by atoms with E-state index in [1.54, 1.807) is 0 Å². The summed E-state index contributed by atoms with van der Waals surface area (Å²) in [6.07, 6.45) is 0. The van der Waals surface area contributed by atoms with Crippen molar-refractivity contribution in [1.82, 2.24) is 0 Å². The molecule has 0 aliphatic rings. The van der Waals surface area contributed by atoms with E-state index in [1.165, 1.54) is 0 Å². The molecule has 0 N–H and O–H groups in total. The Labute approximate surface area is 29.6 Å². The molecule has 0 aromatic carbocycles. The monoisotopic (exact) mass is 52.1 g/mol. The third kappa shape index (κ3) is 191. The van der Waals surface area contributed by atoms with Gasteiger partial charge in [0.2, 0.25) is 0 Å². The van der Waals surface area contributed by atoms with Crippen molar-refractivity contribution in [3.05, 3.63) is 0 Å². The molecule has 26 valence electrons. The Bertz CT molecular complexity index is 3.25. The molecule has 0 rings (SSSR count). The molecule has 0 spiro atoms. The van der Waals surface area contributed by atoms with Gasteiger partial charge in [-0.25, -0.2) is 0 Å².